The first-order valence-electron chi connectivity index (χ1n) is 11.1. The first kappa shape index (κ1) is 22.1. The zero-order valence-corrected chi connectivity index (χ0v) is 18.9. The van der Waals surface area contributed by atoms with Crippen LogP contribution in [0.3, 0.4) is 0 Å². The van der Waals surface area contributed by atoms with E-state index in [0.717, 1.165) is 62.3 Å². The second-order valence-electron chi connectivity index (χ2n) is 8.57. The standard InChI is InChI=1S/C26H31N3O3/c1-4-23(28-25(30)29-15-12-26(18-29)13-16-32-17-14-26)27-24-19(2)21(10-11-22(24)31-3)20-8-6-5-7-9-20/h4-11H,1,12-18H2,2-3H3,(H,27,28,30). The van der Waals surface area contributed by atoms with E-state index in [9.17, 15) is 4.79 Å². The normalized spacial score (nSPS) is 17.9. The number of amides is 2. The Bertz CT molecular complexity index is 1010. The first-order valence-corrected chi connectivity index (χ1v) is 11.1. The average Bonchev–Trinajstić information content (AvgIpc) is 3.23. The van der Waals surface area contributed by atoms with Gasteiger partial charge >= 0.3 is 6.03 Å². The highest BCUT2D eigenvalue weighted by atomic mass is 16.5. The molecule has 2 saturated heterocycles. The molecule has 2 aliphatic rings. The molecule has 0 atom stereocenters. The van der Waals surface area contributed by atoms with Crippen LogP contribution >= 0.6 is 0 Å². The Morgan fingerprint density at radius 2 is 1.94 bits per heavy atom. The molecular formula is C26H31N3O3. The molecular weight excluding hydrogens is 402 g/mol. The van der Waals surface area contributed by atoms with E-state index in [-0.39, 0.29) is 11.4 Å². The molecule has 2 amide bonds. The number of nitrogens with one attached hydrogen (secondary N) is 1. The lowest BCUT2D eigenvalue weighted by molar-refractivity contribution is 0.0209. The third-order valence-electron chi connectivity index (χ3n) is 6.64. The number of urea groups is 1. The van der Waals surface area contributed by atoms with E-state index in [1.54, 1.807) is 13.2 Å². The van der Waals surface area contributed by atoms with Crippen LogP contribution in [0.2, 0.25) is 0 Å². The van der Waals surface area contributed by atoms with E-state index >= 15 is 0 Å². The molecule has 2 aliphatic heterocycles. The Morgan fingerprint density at radius 3 is 2.62 bits per heavy atom. The molecule has 0 aromatic heterocycles. The van der Waals surface area contributed by atoms with Crippen molar-refractivity contribution in [3.8, 4) is 16.9 Å². The molecule has 0 bridgehead atoms. The summed E-state index contributed by atoms with van der Waals surface area (Å²) in [6.07, 6.45) is 4.63. The molecule has 6 heteroatoms. The second-order valence-corrected chi connectivity index (χ2v) is 8.57. The van der Waals surface area contributed by atoms with Gasteiger partial charge in [-0.3, -0.25) is 5.32 Å². The minimum atomic E-state index is -0.136. The van der Waals surface area contributed by atoms with Crippen LogP contribution in [0.1, 0.15) is 24.8 Å². The lowest BCUT2D eigenvalue weighted by atomic mass is 9.80. The van der Waals surface area contributed by atoms with Crippen molar-refractivity contribution in [2.24, 2.45) is 10.4 Å². The molecule has 0 saturated carbocycles. The summed E-state index contributed by atoms with van der Waals surface area (Å²) in [5.74, 6) is 1.06. The van der Waals surface area contributed by atoms with E-state index in [1.807, 2.05) is 42.2 Å². The fourth-order valence-corrected chi connectivity index (χ4v) is 4.66. The highest BCUT2D eigenvalue weighted by Gasteiger charge is 2.41. The van der Waals surface area contributed by atoms with Crippen LogP contribution in [-0.2, 0) is 4.74 Å². The number of carbonyl (C=O) groups excluding carboxylic acids is 1. The summed E-state index contributed by atoms with van der Waals surface area (Å²) >= 11 is 0. The molecule has 1 N–H and O–H groups in total. The highest BCUT2D eigenvalue weighted by Crippen LogP contribution is 2.40. The quantitative estimate of drug-likeness (QED) is 0.539. The number of hydrogen-bond donors (Lipinski definition) is 1. The van der Waals surface area contributed by atoms with Gasteiger partial charge in [0.25, 0.3) is 0 Å². The van der Waals surface area contributed by atoms with E-state index < -0.39 is 0 Å². The van der Waals surface area contributed by atoms with Crippen molar-refractivity contribution in [1.29, 1.82) is 0 Å². The van der Waals surface area contributed by atoms with Crippen molar-refractivity contribution in [3.63, 3.8) is 0 Å². The molecule has 2 aromatic rings. The van der Waals surface area contributed by atoms with Crippen LogP contribution in [-0.4, -0.2) is 50.2 Å². The Balaban J connectivity index is 1.56. The largest absolute Gasteiger partial charge is 0.494 e. The number of likely N-dealkylation sites (tertiary alicyclic amines) is 1. The van der Waals surface area contributed by atoms with Gasteiger partial charge in [0, 0.05) is 26.3 Å². The van der Waals surface area contributed by atoms with Gasteiger partial charge in [-0.1, -0.05) is 43.0 Å². The van der Waals surface area contributed by atoms with Crippen molar-refractivity contribution in [2.75, 3.05) is 33.4 Å². The Hall–Kier alpha value is -3.12. The Kier molecular flexibility index (Phi) is 6.61. The van der Waals surface area contributed by atoms with E-state index in [1.165, 1.54) is 0 Å². The van der Waals surface area contributed by atoms with Crippen molar-refractivity contribution in [2.45, 2.75) is 26.2 Å². The number of hydrogen-bond acceptors (Lipinski definition) is 4. The number of ether oxygens (including phenoxy) is 2. The van der Waals surface area contributed by atoms with Gasteiger partial charge in [0.15, 0.2) is 0 Å². The second kappa shape index (κ2) is 9.57. The van der Waals surface area contributed by atoms with E-state index in [0.29, 0.717) is 17.3 Å². The van der Waals surface area contributed by atoms with Gasteiger partial charge in [0.05, 0.1) is 7.11 Å². The number of nitrogens with zero attached hydrogens (tertiary/aromatic N) is 2. The van der Waals surface area contributed by atoms with Crippen molar-refractivity contribution in [1.82, 2.24) is 10.2 Å². The number of amidine groups is 1. The SMILES string of the molecule is C=CC(=Nc1c(OC)ccc(-c2ccccc2)c1C)NC(=O)N1CCC2(CCOCC2)C1. The van der Waals surface area contributed by atoms with Gasteiger partial charge in [-0.15, -0.1) is 0 Å². The molecule has 0 radical (unpaired) electrons. The molecule has 2 heterocycles. The third-order valence-corrected chi connectivity index (χ3v) is 6.64. The third kappa shape index (κ3) is 4.55. The average molecular weight is 434 g/mol. The monoisotopic (exact) mass is 433 g/mol. The summed E-state index contributed by atoms with van der Waals surface area (Å²) in [7, 11) is 1.62. The van der Waals surface area contributed by atoms with Crippen molar-refractivity contribution >= 4 is 17.6 Å². The summed E-state index contributed by atoms with van der Waals surface area (Å²) < 4.78 is 11.1. The molecule has 32 heavy (non-hydrogen) atoms. The van der Waals surface area contributed by atoms with Crippen LogP contribution in [0.5, 0.6) is 5.75 Å². The molecule has 1 spiro atoms. The summed E-state index contributed by atoms with van der Waals surface area (Å²) in [6, 6.07) is 14.0. The number of rotatable bonds is 4. The smallest absolute Gasteiger partial charge is 0.323 e. The Labute approximate surface area is 189 Å². The van der Waals surface area contributed by atoms with Crippen molar-refractivity contribution in [3.05, 3.63) is 60.7 Å². The summed E-state index contributed by atoms with van der Waals surface area (Å²) in [4.78, 5) is 19.6. The molecule has 4 rings (SSSR count). The van der Waals surface area contributed by atoms with E-state index in [4.69, 9.17) is 14.5 Å². The van der Waals surface area contributed by atoms with Gasteiger partial charge in [-0.05, 0) is 60.4 Å². The summed E-state index contributed by atoms with van der Waals surface area (Å²) in [5.41, 5.74) is 4.04. The molecule has 2 aromatic carbocycles. The van der Waals surface area contributed by atoms with Gasteiger partial charge in [0.2, 0.25) is 0 Å². The van der Waals surface area contributed by atoms with Gasteiger partial charge in [0.1, 0.15) is 17.3 Å². The van der Waals surface area contributed by atoms with Crippen LogP contribution in [0, 0.1) is 12.3 Å². The maximum atomic E-state index is 13.0. The topological polar surface area (TPSA) is 63.2 Å². The predicted octanol–water partition coefficient (Wildman–Crippen LogP) is 5.10. The van der Waals surface area contributed by atoms with Gasteiger partial charge in [-0.2, -0.15) is 0 Å². The van der Waals surface area contributed by atoms with Crippen LogP contribution in [0.4, 0.5) is 10.5 Å². The highest BCUT2D eigenvalue weighted by molar-refractivity contribution is 6.05. The predicted molar refractivity (Wildman–Crippen MR) is 128 cm³/mol. The summed E-state index contributed by atoms with van der Waals surface area (Å²) in [5, 5.41) is 2.95. The van der Waals surface area contributed by atoms with Gasteiger partial charge in [-0.25, -0.2) is 9.79 Å². The molecule has 168 valence electrons. The fraction of sp³-hybridized carbons (Fsp3) is 0.385. The molecule has 0 unspecified atom stereocenters. The number of carbonyl (C=O) groups is 1. The van der Waals surface area contributed by atoms with Crippen LogP contribution < -0.4 is 10.1 Å². The minimum Gasteiger partial charge on any atom is -0.494 e. The number of benzene rings is 2. The minimum absolute atomic E-state index is 0.136. The van der Waals surface area contributed by atoms with Crippen LogP contribution in [0.25, 0.3) is 11.1 Å². The number of aliphatic imine (C=N–C) groups is 1. The van der Waals surface area contributed by atoms with Crippen molar-refractivity contribution < 1.29 is 14.3 Å². The van der Waals surface area contributed by atoms with E-state index in [2.05, 4.69) is 24.0 Å². The lowest BCUT2D eigenvalue weighted by Crippen LogP contribution is -2.43. The molecule has 6 nitrogen and oxygen atoms in total. The maximum absolute atomic E-state index is 13.0. The number of methoxy groups -OCH3 is 1. The zero-order chi connectivity index (χ0) is 22.6. The van der Waals surface area contributed by atoms with Gasteiger partial charge < -0.3 is 14.4 Å². The molecule has 2 fully saturated rings. The zero-order valence-electron chi connectivity index (χ0n) is 18.9. The van der Waals surface area contributed by atoms with Crippen LogP contribution in [0.15, 0.2) is 60.1 Å². The molecule has 0 aliphatic carbocycles. The Morgan fingerprint density at radius 1 is 1.19 bits per heavy atom. The fourth-order valence-electron chi connectivity index (χ4n) is 4.66. The first-order chi connectivity index (χ1) is 15.5. The lowest BCUT2D eigenvalue weighted by Gasteiger charge is -2.33. The maximum Gasteiger partial charge on any atom is 0.323 e. The summed E-state index contributed by atoms with van der Waals surface area (Å²) in [6.45, 7) is 8.96.